The van der Waals surface area contributed by atoms with E-state index in [2.05, 4.69) is 10.2 Å². The van der Waals surface area contributed by atoms with Gasteiger partial charge in [-0.1, -0.05) is 46.4 Å². The first-order chi connectivity index (χ1) is 30.0. The number of aliphatic hydroxyl groups excluding tert-OH is 1. The fourth-order valence-electron chi connectivity index (χ4n) is 6.96. The number of alkyl halides is 6. The maximum Gasteiger partial charge on any atom is 0.436 e. The number of carbonyl (C=O) groups excluding carboxylic acids is 3. The van der Waals surface area contributed by atoms with Crippen molar-refractivity contribution in [3.05, 3.63) is 78.8 Å². The number of methoxy groups -OCH3 is 2. The molecule has 346 valence electrons. The first-order valence-electron chi connectivity index (χ1n) is 19.0. The minimum absolute atomic E-state index is 0.0249. The van der Waals surface area contributed by atoms with E-state index in [-0.39, 0.29) is 49.1 Å². The van der Waals surface area contributed by atoms with E-state index in [4.69, 9.17) is 61.1 Å². The van der Waals surface area contributed by atoms with E-state index in [1.807, 2.05) is 9.80 Å². The molecule has 6 rings (SSSR count). The second-order valence-corrected chi connectivity index (χ2v) is 15.9. The van der Waals surface area contributed by atoms with Crippen molar-refractivity contribution in [1.29, 1.82) is 5.26 Å². The molecule has 1 N–H and O–H groups in total. The molecule has 0 spiro atoms. The van der Waals surface area contributed by atoms with Crippen molar-refractivity contribution in [2.45, 2.75) is 51.4 Å². The highest BCUT2D eigenvalue weighted by Gasteiger charge is 2.40. The highest BCUT2D eigenvalue weighted by atomic mass is 35.5. The molecule has 2 aromatic carbocycles. The Balaban J connectivity index is 0.000000241. The van der Waals surface area contributed by atoms with Crippen molar-refractivity contribution in [2.24, 2.45) is 0 Å². The third-order valence-electron chi connectivity index (χ3n) is 10.5. The van der Waals surface area contributed by atoms with Gasteiger partial charge in [0.1, 0.15) is 36.9 Å². The molecule has 0 bridgehead atoms. The SMILES string of the molecule is COc1cc(N2CCN(C(=O)Cn3nc(C(F)(F)F)c(Cl)c3C)C(C=O)C2)ccc1Cl.COc1cc(N2CCN(C(=O)Cn3nc(C(F)(F)F)c(Cl)c3C)CC2)c(C(O)C#N)cc1Cl. The summed E-state index contributed by atoms with van der Waals surface area (Å²) in [5.41, 5.74) is -0.764. The van der Waals surface area contributed by atoms with Crippen LogP contribution in [0.15, 0.2) is 30.3 Å². The first-order valence-corrected chi connectivity index (χ1v) is 20.5. The maximum absolute atomic E-state index is 13.0. The summed E-state index contributed by atoms with van der Waals surface area (Å²) in [5.74, 6) is -0.0876. The van der Waals surface area contributed by atoms with Crippen LogP contribution in [-0.2, 0) is 39.8 Å². The van der Waals surface area contributed by atoms with Crippen LogP contribution >= 0.6 is 46.4 Å². The zero-order valence-electron chi connectivity index (χ0n) is 34.3. The van der Waals surface area contributed by atoms with Gasteiger partial charge in [-0.3, -0.25) is 19.0 Å². The van der Waals surface area contributed by atoms with Crippen LogP contribution in [-0.4, -0.2) is 119 Å². The number of aromatic nitrogens is 4. The van der Waals surface area contributed by atoms with Gasteiger partial charge in [-0.25, -0.2) is 0 Å². The summed E-state index contributed by atoms with van der Waals surface area (Å²) < 4.78 is 90.4. The van der Waals surface area contributed by atoms with Crippen molar-refractivity contribution >= 4 is 75.9 Å². The Morgan fingerprint density at radius 2 is 1.33 bits per heavy atom. The quantitative estimate of drug-likeness (QED) is 0.100. The van der Waals surface area contributed by atoms with Crippen LogP contribution in [0.3, 0.4) is 0 Å². The summed E-state index contributed by atoms with van der Waals surface area (Å²) in [5, 5.41) is 25.7. The number of aliphatic hydroxyl groups is 1. The number of piperazine rings is 2. The molecule has 2 saturated heterocycles. The van der Waals surface area contributed by atoms with Crippen molar-refractivity contribution in [1.82, 2.24) is 29.4 Å². The number of anilines is 2. The monoisotopic (exact) mass is 983 g/mol. The number of hydrogen-bond donors (Lipinski definition) is 1. The lowest BCUT2D eigenvalue weighted by molar-refractivity contribution is -0.142. The number of hydrogen-bond acceptors (Lipinski definition) is 11. The van der Waals surface area contributed by atoms with E-state index in [0.29, 0.717) is 53.7 Å². The van der Waals surface area contributed by atoms with E-state index >= 15 is 0 Å². The van der Waals surface area contributed by atoms with E-state index in [9.17, 15) is 45.8 Å². The summed E-state index contributed by atoms with van der Waals surface area (Å²) in [6, 6.07) is 9.24. The van der Waals surface area contributed by atoms with Gasteiger partial charge in [0.05, 0.1) is 51.8 Å². The molecule has 0 radical (unpaired) electrons. The summed E-state index contributed by atoms with van der Waals surface area (Å²) in [6.07, 6.45) is -10.2. The molecule has 2 atom stereocenters. The number of carbonyl (C=O) groups is 3. The number of halogens is 10. The minimum atomic E-state index is -4.73. The summed E-state index contributed by atoms with van der Waals surface area (Å²) in [4.78, 5) is 43.8. The lowest BCUT2D eigenvalue weighted by atomic mass is 10.1. The molecule has 15 nitrogen and oxygen atoms in total. The van der Waals surface area contributed by atoms with Crippen LogP contribution in [0.5, 0.6) is 11.5 Å². The number of rotatable bonds is 10. The molecule has 25 heteroatoms. The van der Waals surface area contributed by atoms with Gasteiger partial charge >= 0.3 is 12.4 Å². The molecule has 4 heterocycles. The average Bonchev–Trinajstić information content (AvgIpc) is 3.72. The lowest BCUT2D eigenvalue weighted by Gasteiger charge is -2.40. The van der Waals surface area contributed by atoms with Crippen LogP contribution in [0.1, 0.15) is 34.4 Å². The number of nitrogens with zero attached hydrogens (tertiary/aromatic N) is 9. The van der Waals surface area contributed by atoms with E-state index in [1.54, 1.807) is 30.3 Å². The van der Waals surface area contributed by atoms with Gasteiger partial charge in [-0.2, -0.15) is 41.8 Å². The Morgan fingerprint density at radius 1 is 0.812 bits per heavy atom. The largest absolute Gasteiger partial charge is 0.495 e. The molecule has 2 aliphatic heterocycles. The van der Waals surface area contributed by atoms with Crippen molar-refractivity contribution < 1.29 is 55.3 Å². The topological polar surface area (TPSA) is 162 Å². The summed E-state index contributed by atoms with van der Waals surface area (Å²) in [6.45, 7) is 3.95. The number of aldehydes is 1. The Labute approximate surface area is 382 Å². The first kappa shape index (κ1) is 49.9. The Kier molecular flexibility index (Phi) is 15.9. The molecule has 2 unspecified atom stereocenters. The second kappa shape index (κ2) is 20.4. The number of ether oxygens (including phenoxy) is 2. The van der Waals surface area contributed by atoms with Crippen molar-refractivity contribution in [3.63, 3.8) is 0 Å². The summed E-state index contributed by atoms with van der Waals surface area (Å²) in [7, 11) is 2.93. The van der Waals surface area contributed by atoms with E-state index in [0.717, 1.165) is 15.1 Å². The smallest absolute Gasteiger partial charge is 0.436 e. The van der Waals surface area contributed by atoms with Gasteiger partial charge in [0, 0.05) is 74.9 Å². The van der Waals surface area contributed by atoms with Crippen LogP contribution in [0, 0.1) is 25.2 Å². The van der Waals surface area contributed by atoms with Gasteiger partial charge in [0.25, 0.3) is 0 Å². The standard InChI is InChI=1S/C20H20Cl2F3N5O3.C19H19Cl2F3N4O3/c1-11-18(22)19(20(23,24)25)27-30(11)10-17(32)29-5-3-28(4-6-29)14-8-16(33-2)13(21)7-12(14)15(31)9-26;1-11-17(21)18(19(22,23)24)25-28(11)9-16(30)27-6-5-26(8-13(27)10-29)12-3-4-14(20)15(7-12)31-2/h7-8,15,31H,3-6,10H2,1-2H3;3-4,7,10,13H,5-6,8-9H2,1-2H3. The highest BCUT2D eigenvalue weighted by Crippen LogP contribution is 2.39. The van der Waals surface area contributed by atoms with E-state index < -0.39 is 64.3 Å². The fourth-order valence-corrected chi connectivity index (χ4v) is 7.88. The molecule has 0 saturated carbocycles. The average molecular weight is 986 g/mol. The highest BCUT2D eigenvalue weighted by molar-refractivity contribution is 6.33. The number of nitriles is 1. The predicted molar refractivity (Wildman–Crippen MR) is 223 cm³/mol. The molecule has 0 aliphatic carbocycles. The Morgan fingerprint density at radius 3 is 1.81 bits per heavy atom. The molecular weight excluding hydrogens is 946 g/mol. The molecule has 2 aromatic heterocycles. The number of benzene rings is 2. The maximum atomic E-state index is 13.0. The fraction of sp³-hybridized carbons (Fsp3) is 0.436. The van der Waals surface area contributed by atoms with Crippen LogP contribution < -0.4 is 19.3 Å². The zero-order valence-corrected chi connectivity index (χ0v) is 37.3. The van der Waals surface area contributed by atoms with Crippen LogP contribution in [0.2, 0.25) is 20.1 Å². The normalized spacial score (nSPS) is 16.2. The Hall–Kier alpha value is -5.14. The third-order valence-corrected chi connectivity index (χ3v) is 12.0. The van der Waals surface area contributed by atoms with Gasteiger partial charge < -0.3 is 39.0 Å². The van der Waals surface area contributed by atoms with Crippen LogP contribution in [0.4, 0.5) is 37.7 Å². The lowest BCUT2D eigenvalue weighted by Crippen LogP contribution is -2.56. The molecule has 2 fully saturated rings. The molecule has 2 amide bonds. The predicted octanol–water partition coefficient (Wildman–Crippen LogP) is 6.87. The van der Waals surface area contributed by atoms with Gasteiger partial charge in [0.15, 0.2) is 17.5 Å². The van der Waals surface area contributed by atoms with Gasteiger partial charge in [0.2, 0.25) is 11.8 Å². The molecule has 4 aromatic rings. The number of amides is 2. The zero-order chi connectivity index (χ0) is 47.4. The summed E-state index contributed by atoms with van der Waals surface area (Å²) >= 11 is 23.7. The van der Waals surface area contributed by atoms with Gasteiger partial charge in [-0.15, -0.1) is 0 Å². The minimum Gasteiger partial charge on any atom is -0.495 e. The van der Waals surface area contributed by atoms with Crippen LogP contribution in [0.25, 0.3) is 0 Å². The van der Waals surface area contributed by atoms with Crippen molar-refractivity contribution in [3.8, 4) is 17.6 Å². The van der Waals surface area contributed by atoms with Crippen molar-refractivity contribution in [2.75, 3.05) is 69.8 Å². The molecular formula is C39H39Cl4F6N9O6. The van der Waals surface area contributed by atoms with Gasteiger partial charge in [-0.05, 0) is 32.0 Å². The third kappa shape index (κ3) is 11.0. The second-order valence-electron chi connectivity index (χ2n) is 14.3. The van der Waals surface area contributed by atoms with E-state index in [1.165, 1.54) is 43.9 Å². The molecule has 64 heavy (non-hydrogen) atoms. The molecule has 2 aliphatic rings. The Bertz CT molecular complexity index is 2420.